The van der Waals surface area contributed by atoms with E-state index in [-0.39, 0.29) is 31.3 Å². The van der Waals surface area contributed by atoms with Crippen molar-refractivity contribution in [1.29, 1.82) is 0 Å². The molecule has 0 radical (unpaired) electrons. The van der Waals surface area contributed by atoms with E-state index in [9.17, 15) is 34.6 Å². The van der Waals surface area contributed by atoms with Crippen LogP contribution in [0.4, 0.5) is 11.4 Å². The number of amides is 3. The van der Waals surface area contributed by atoms with Gasteiger partial charge in [0.05, 0.1) is 27.5 Å². The van der Waals surface area contributed by atoms with E-state index in [4.69, 9.17) is 0 Å². The third-order valence-electron chi connectivity index (χ3n) is 5.37. The molecule has 0 aliphatic carbocycles. The van der Waals surface area contributed by atoms with E-state index in [1.807, 2.05) is 0 Å². The summed E-state index contributed by atoms with van der Waals surface area (Å²) < 4.78 is 1.39. The third kappa shape index (κ3) is 4.71. The Bertz CT molecular complexity index is 1480. The molecule has 0 unspecified atom stereocenters. The van der Waals surface area contributed by atoms with Gasteiger partial charge in [-0.3, -0.25) is 34.6 Å². The summed E-state index contributed by atoms with van der Waals surface area (Å²) >= 11 is 13.3. The summed E-state index contributed by atoms with van der Waals surface area (Å²) in [5.74, 6) is -2.70. The minimum absolute atomic E-state index is 0.0315. The summed E-state index contributed by atoms with van der Waals surface area (Å²) in [5, 5.41) is 24.0. The number of benzene rings is 3. The van der Waals surface area contributed by atoms with Crippen molar-refractivity contribution < 1.29 is 24.2 Å². The third-order valence-corrected chi connectivity index (χ3v) is 10.1. The number of hydrogen-bond donors (Lipinski definition) is 0. The summed E-state index contributed by atoms with van der Waals surface area (Å²) in [6, 6.07) is 10.2. The van der Waals surface area contributed by atoms with Crippen molar-refractivity contribution in [2.45, 2.75) is 6.54 Å². The van der Waals surface area contributed by atoms with Crippen molar-refractivity contribution in [1.82, 2.24) is 10.0 Å². The number of fused-ring (bicyclic) bond motifs is 1. The molecule has 4 rings (SSSR count). The SMILES string of the molecule is O=C(c1ccccc1[N+](=O)[O-])N(Cc1ccc([N+](=O)[O-])cc1)N1C(=O)c2c(Br)c(Br)c(Br)c(Br)c2C1=O. The van der Waals surface area contributed by atoms with Crippen molar-refractivity contribution in [3.8, 4) is 0 Å². The molecule has 15 heteroatoms. The van der Waals surface area contributed by atoms with Crippen LogP contribution in [0.2, 0.25) is 0 Å². The van der Waals surface area contributed by atoms with Crippen LogP contribution in [-0.2, 0) is 6.54 Å². The molecule has 0 bridgehead atoms. The van der Waals surface area contributed by atoms with Crippen LogP contribution in [-0.4, -0.2) is 37.6 Å². The predicted molar refractivity (Wildman–Crippen MR) is 144 cm³/mol. The number of imide groups is 1. The molecule has 37 heavy (non-hydrogen) atoms. The van der Waals surface area contributed by atoms with Crippen LogP contribution in [0.5, 0.6) is 0 Å². The average Bonchev–Trinajstić information content (AvgIpc) is 3.14. The number of carbonyl (C=O) groups is 3. The van der Waals surface area contributed by atoms with Gasteiger partial charge < -0.3 is 0 Å². The molecular weight excluding hydrogens is 752 g/mol. The molecule has 1 aliphatic heterocycles. The maximum atomic E-state index is 13.7. The van der Waals surface area contributed by atoms with Crippen LogP contribution in [0, 0.1) is 20.2 Å². The molecule has 3 aromatic rings. The highest BCUT2D eigenvalue weighted by molar-refractivity contribution is 9.15. The zero-order chi connectivity index (χ0) is 27.2. The van der Waals surface area contributed by atoms with Gasteiger partial charge in [0.2, 0.25) is 0 Å². The fourth-order valence-electron chi connectivity index (χ4n) is 3.64. The average molecular weight is 762 g/mol. The van der Waals surface area contributed by atoms with Crippen LogP contribution >= 0.6 is 63.7 Å². The van der Waals surface area contributed by atoms with E-state index in [0.717, 1.165) is 11.1 Å². The molecule has 11 nitrogen and oxygen atoms in total. The Morgan fingerprint density at radius 3 is 1.78 bits per heavy atom. The summed E-state index contributed by atoms with van der Waals surface area (Å²) in [6.45, 7) is -0.397. The molecule has 1 aliphatic rings. The van der Waals surface area contributed by atoms with Crippen molar-refractivity contribution in [3.63, 3.8) is 0 Å². The topological polar surface area (TPSA) is 144 Å². The molecule has 3 aromatic carbocycles. The van der Waals surface area contributed by atoms with E-state index >= 15 is 0 Å². The van der Waals surface area contributed by atoms with E-state index in [1.165, 1.54) is 42.5 Å². The maximum Gasteiger partial charge on any atom is 0.282 e. The lowest BCUT2D eigenvalue weighted by Crippen LogP contribution is -2.49. The minimum Gasteiger partial charge on any atom is -0.267 e. The van der Waals surface area contributed by atoms with Gasteiger partial charge in [0, 0.05) is 36.1 Å². The van der Waals surface area contributed by atoms with Crippen molar-refractivity contribution >= 4 is 92.8 Å². The molecule has 0 fully saturated rings. The van der Waals surface area contributed by atoms with Gasteiger partial charge in [-0.05, 0) is 75.3 Å². The zero-order valence-electron chi connectivity index (χ0n) is 18.0. The standard InChI is InChI=1S/C22H10Br4N4O7/c23-16-14-15(17(24)19(26)18(16)25)22(33)28(21(14)32)27(9-10-5-7-11(8-6-10)29(34)35)20(31)12-3-1-2-4-13(12)30(36)37/h1-8H,9H2. The summed E-state index contributed by atoms with van der Waals surface area (Å²) in [7, 11) is 0. The van der Waals surface area contributed by atoms with Gasteiger partial charge in [0.25, 0.3) is 29.1 Å². The second kappa shape index (κ2) is 10.4. The van der Waals surface area contributed by atoms with Crippen molar-refractivity contribution in [2.24, 2.45) is 0 Å². The zero-order valence-corrected chi connectivity index (χ0v) is 24.3. The Hall–Kier alpha value is -3.01. The quantitative estimate of drug-likeness (QED) is 0.0929. The molecule has 1 heterocycles. The van der Waals surface area contributed by atoms with Gasteiger partial charge in [0.15, 0.2) is 0 Å². The molecule has 3 amide bonds. The fourth-order valence-corrected chi connectivity index (χ4v) is 6.10. The predicted octanol–water partition coefficient (Wildman–Crippen LogP) is 6.41. The number of nitrogens with zero attached hydrogens (tertiary/aromatic N) is 4. The second-order valence-corrected chi connectivity index (χ2v) is 10.7. The lowest BCUT2D eigenvalue weighted by Gasteiger charge is -2.30. The number of non-ortho nitro benzene ring substituents is 1. The molecule has 0 atom stereocenters. The number of para-hydroxylation sites is 1. The first-order valence-corrected chi connectivity index (χ1v) is 13.2. The molecule has 0 spiro atoms. The highest BCUT2D eigenvalue weighted by Crippen LogP contribution is 2.45. The number of hydrazine groups is 1. The van der Waals surface area contributed by atoms with E-state index < -0.39 is 39.8 Å². The number of hydrogen-bond acceptors (Lipinski definition) is 7. The smallest absolute Gasteiger partial charge is 0.267 e. The molecule has 0 aromatic heterocycles. The van der Waals surface area contributed by atoms with E-state index in [0.29, 0.717) is 19.5 Å². The Kier molecular flexibility index (Phi) is 7.60. The Balaban J connectivity index is 1.87. The van der Waals surface area contributed by atoms with Crippen molar-refractivity contribution in [3.05, 3.63) is 109 Å². The first-order chi connectivity index (χ1) is 17.5. The number of nitro groups is 2. The molecule has 188 valence electrons. The van der Waals surface area contributed by atoms with E-state index in [1.54, 1.807) is 0 Å². The monoisotopic (exact) mass is 758 g/mol. The Morgan fingerprint density at radius 2 is 1.30 bits per heavy atom. The maximum absolute atomic E-state index is 13.7. The fraction of sp³-hybridized carbons (Fsp3) is 0.0455. The molecule has 0 saturated heterocycles. The van der Waals surface area contributed by atoms with Gasteiger partial charge in [-0.2, -0.15) is 5.01 Å². The lowest BCUT2D eigenvalue weighted by atomic mass is 10.1. The largest absolute Gasteiger partial charge is 0.282 e. The van der Waals surface area contributed by atoms with E-state index in [2.05, 4.69) is 63.7 Å². The number of halogens is 4. The van der Waals surface area contributed by atoms with Gasteiger partial charge in [-0.1, -0.05) is 24.3 Å². The van der Waals surface area contributed by atoms with Crippen LogP contribution in [0.1, 0.15) is 36.6 Å². The highest BCUT2D eigenvalue weighted by atomic mass is 79.9. The van der Waals surface area contributed by atoms with Gasteiger partial charge in [0.1, 0.15) is 5.56 Å². The summed E-state index contributed by atoms with van der Waals surface area (Å²) in [5.41, 5.74) is -0.817. The molecular formula is C22H10Br4N4O7. The van der Waals surface area contributed by atoms with Gasteiger partial charge in [-0.15, -0.1) is 0 Å². The summed E-state index contributed by atoms with van der Waals surface area (Å²) in [6.07, 6.45) is 0. The Morgan fingerprint density at radius 1 is 0.784 bits per heavy atom. The molecule has 0 N–H and O–H groups in total. The number of carbonyl (C=O) groups excluding carboxylic acids is 3. The highest BCUT2D eigenvalue weighted by Gasteiger charge is 2.46. The normalized spacial score (nSPS) is 12.5. The van der Waals surface area contributed by atoms with Crippen LogP contribution in [0.3, 0.4) is 0 Å². The minimum atomic E-state index is -0.995. The Labute approximate surface area is 241 Å². The second-order valence-electron chi connectivity index (χ2n) is 7.49. The van der Waals surface area contributed by atoms with Crippen molar-refractivity contribution in [2.75, 3.05) is 0 Å². The van der Waals surface area contributed by atoms with Crippen LogP contribution < -0.4 is 0 Å². The summed E-state index contributed by atoms with van der Waals surface area (Å²) in [4.78, 5) is 62.1. The number of nitro benzene ring substituents is 2. The first kappa shape index (κ1) is 27.0. The first-order valence-electron chi connectivity index (χ1n) is 9.99. The van der Waals surface area contributed by atoms with Gasteiger partial charge >= 0.3 is 0 Å². The molecule has 0 saturated carbocycles. The van der Waals surface area contributed by atoms with Crippen LogP contribution in [0.15, 0.2) is 66.4 Å². The lowest BCUT2D eigenvalue weighted by molar-refractivity contribution is -0.385. The van der Waals surface area contributed by atoms with Gasteiger partial charge in [-0.25, -0.2) is 5.01 Å². The number of rotatable bonds is 6. The van der Waals surface area contributed by atoms with Crippen LogP contribution in [0.25, 0.3) is 0 Å².